The Morgan fingerprint density at radius 2 is 2.33 bits per heavy atom. The van der Waals surface area contributed by atoms with E-state index in [1.54, 1.807) is 0 Å². The van der Waals surface area contributed by atoms with Crippen molar-refractivity contribution in [1.29, 1.82) is 0 Å². The van der Waals surface area contributed by atoms with Crippen molar-refractivity contribution < 1.29 is 19.0 Å². The number of carbonyl (C=O) groups excluding carboxylic acids is 1. The Morgan fingerprint density at radius 1 is 1.56 bits per heavy atom. The van der Waals surface area contributed by atoms with Gasteiger partial charge in [0.05, 0.1) is 20.3 Å². The van der Waals surface area contributed by atoms with Gasteiger partial charge in [-0.25, -0.2) is 9.78 Å². The molecule has 8 heteroatoms. The highest BCUT2D eigenvalue weighted by Crippen LogP contribution is 2.25. The third-order valence-corrected chi connectivity index (χ3v) is 3.48. The van der Waals surface area contributed by atoms with Crippen LogP contribution in [0.4, 0.5) is 0 Å². The fourth-order valence-electron chi connectivity index (χ4n) is 1.47. The van der Waals surface area contributed by atoms with Crippen molar-refractivity contribution in [3.63, 3.8) is 0 Å². The summed E-state index contributed by atoms with van der Waals surface area (Å²) in [5.74, 6) is -0.289. The van der Waals surface area contributed by atoms with Crippen LogP contribution in [0.25, 0.3) is 0 Å². The average molecular weight is 385 g/mol. The lowest BCUT2D eigenvalue weighted by molar-refractivity contribution is 0.0590. The van der Waals surface area contributed by atoms with E-state index in [9.17, 15) is 4.79 Å². The fraction of sp³-hybridized carbons (Fsp3) is 0.500. The summed E-state index contributed by atoms with van der Waals surface area (Å²) in [5.41, 5.74) is 0.104. The fourth-order valence-corrected chi connectivity index (χ4v) is 2.22. The molecule has 98 valence electrons. The molecule has 0 saturated carbocycles. The molecule has 2 heterocycles. The van der Waals surface area contributed by atoms with Crippen molar-refractivity contribution in [3.05, 3.63) is 14.5 Å². The van der Waals surface area contributed by atoms with Crippen molar-refractivity contribution in [3.8, 4) is 5.88 Å². The molecule has 1 unspecified atom stereocenters. The molecule has 0 radical (unpaired) electrons. The summed E-state index contributed by atoms with van der Waals surface area (Å²) in [6.45, 7) is 1.16. The minimum atomic E-state index is -0.573. The summed E-state index contributed by atoms with van der Waals surface area (Å²) < 4.78 is 16.0. The molecule has 0 bridgehead atoms. The molecule has 0 amide bonds. The van der Waals surface area contributed by atoms with Crippen LogP contribution in [0.2, 0.25) is 5.28 Å². The number of hydrogen-bond acceptors (Lipinski definition) is 6. The lowest BCUT2D eigenvalue weighted by atomic mass is 10.3. The highest BCUT2D eigenvalue weighted by atomic mass is 127. The van der Waals surface area contributed by atoms with Crippen molar-refractivity contribution in [2.75, 3.05) is 20.3 Å². The third kappa shape index (κ3) is 3.01. The van der Waals surface area contributed by atoms with Gasteiger partial charge in [0.15, 0.2) is 5.69 Å². The molecular weight excluding hydrogens is 374 g/mol. The van der Waals surface area contributed by atoms with Gasteiger partial charge >= 0.3 is 5.97 Å². The van der Waals surface area contributed by atoms with Crippen molar-refractivity contribution in [2.24, 2.45) is 0 Å². The first-order valence-corrected chi connectivity index (χ1v) is 6.63. The Kier molecular flexibility index (Phi) is 4.57. The van der Waals surface area contributed by atoms with Crippen LogP contribution in [-0.4, -0.2) is 42.4 Å². The van der Waals surface area contributed by atoms with E-state index in [-0.39, 0.29) is 23.0 Å². The number of esters is 1. The summed E-state index contributed by atoms with van der Waals surface area (Å²) in [7, 11) is 1.28. The Labute approximate surface area is 122 Å². The Morgan fingerprint density at radius 3 is 2.94 bits per heavy atom. The number of halogens is 2. The van der Waals surface area contributed by atoms with E-state index >= 15 is 0 Å². The van der Waals surface area contributed by atoms with Gasteiger partial charge in [-0.15, -0.1) is 0 Å². The van der Waals surface area contributed by atoms with Crippen LogP contribution in [-0.2, 0) is 9.47 Å². The molecular formula is C10H10ClIN2O4. The van der Waals surface area contributed by atoms with E-state index in [0.717, 1.165) is 6.42 Å². The van der Waals surface area contributed by atoms with E-state index < -0.39 is 5.97 Å². The minimum Gasteiger partial charge on any atom is -0.471 e. The Bertz CT molecular complexity index is 465. The normalized spacial score (nSPS) is 18.7. The highest BCUT2D eigenvalue weighted by Gasteiger charge is 2.24. The summed E-state index contributed by atoms with van der Waals surface area (Å²) >= 11 is 7.70. The molecule has 0 aromatic carbocycles. The molecule has 0 N–H and O–H groups in total. The molecule has 1 aromatic heterocycles. The molecule has 2 rings (SSSR count). The van der Waals surface area contributed by atoms with Crippen LogP contribution in [0, 0.1) is 3.57 Å². The van der Waals surface area contributed by atoms with E-state index in [4.69, 9.17) is 21.1 Å². The van der Waals surface area contributed by atoms with Crippen LogP contribution in [0.1, 0.15) is 16.9 Å². The van der Waals surface area contributed by atoms with Gasteiger partial charge in [0.2, 0.25) is 11.2 Å². The van der Waals surface area contributed by atoms with Gasteiger partial charge in [-0.1, -0.05) is 0 Å². The first kappa shape index (κ1) is 13.8. The van der Waals surface area contributed by atoms with Gasteiger partial charge in [-0.3, -0.25) is 0 Å². The Balaban J connectivity index is 2.28. The van der Waals surface area contributed by atoms with E-state index in [1.807, 2.05) is 22.6 Å². The second-order valence-corrected chi connectivity index (χ2v) is 4.97. The number of hydrogen-bond donors (Lipinski definition) is 0. The first-order chi connectivity index (χ1) is 8.61. The zero-order chi connectivity index (χ0) is 13.1. The summed E-state index contributed by atoms with van der Waals surface area (Å²) in [4.78, 5) is 19.3. The van der Waals surface area contributed by atoms with E-state index in [2.05, 4.69) is 14.7 Å². The van der Waals surface area contributed by atoms with Gasteiger partial charge in [0.25, 0.3) is 0 Å². The molecule has 1 atom stereocenters. The predicted octanol–water partition coefficient (Wildman–Crippen LogP) is 1.69. The SMILES string of the molecule is COC(=O)c1nc(Cl)nc(OC2CCOC2)c1I. The topological polar surface area (TPSA) is 70.5 Å². The van der Waals surface area contributed by atoms with Crippen molar-refractivity contribution >= 4 is 40.2 Å². The molecule has 1 aliphatic rings. The maximum Gasteiger partial charge on any atom is 0.358 e. The molecule has 0 spiro atoms. The van der Waals surface area contributed by atoms with Crippen molar-refractivity contribution in [1.82, 2.24) is 9.97 Å². The average Bonchev–Trinajstić information content (AvgIpc) is 2.85. The maximum absolute atomic E-state index is 11.5. The Hall–Kier alpha value is -0.670. The molecule has 1 aliphatic heterocycles. The van der Waals surface area contributed by atoms with E-state index in [1.165, 1.54) is 7.11 Å². The standard InChI is InChI=1S/C10H10ClIN2O4/c1-16-9(15)7-6(12)8(14-10(11)13-7)18-5-2-3-17-4-5/h5H,2-4H2,1H3. The second kappa shape index (κ2) is 5.98. The largest absolute Gasteiger partial charge is 0.471 e. The summed E-state index contributed by atoms with van der Waals surface area (Å²) in [6.07, 6.45) is 0.709. The molecule has 1 fully saturated rings. The number of nitrogens with zero attached hydrogens (tertiary/aromatic N) is 2. The van der Waals surface area contributed by atoms with Crippen molar-refractivity contribution in [2.45, 2.75) is 12.5 Å². The smallest absolute Gasteiger partial charge is 0.358 e. The quantitative estimate of drug-likeness (QED) is 0.449. The minimum absolute atomic E-state index is 0.0512. The third-order valence-electron chi connectivity index (χ3n) is 2.34. The molecule has 1 aromatic rings. The number of carbonyl (C=O) groups is 1. The van der Waals surface area contributed by atoms with Crippen LogP contribution in [0.3, 0.4) is 0 Å². The zero-order valence-corrected chi connectivity index (χ0v) is 12.4. The van der Waals surface area contributed by atoms with Gasteiger partial charge in [-0.05, 0) is 34.2 Å². The summed E-state index contributed by atoms with van der Waals surface area (Å²) in [5, 5.41) is -0.0512. The van der Waals surface area contributed by atoms with Gasteiger partial charge in [0, 0.05) is 6.42 Å². The number of methoxy groups -OCH3 is 1. The molecule has 6 nitrogen and oxygen atoms in total. The maximum atomic E-state index is 11.5. The zero-order valence-electron chi connectivity index (χ0n) is 9.48. The predicted molar refractivity (Wildman–Crippen MR) is 71.0 cm³/mol. The number of aromatic nitrogens is 2. The first-order valence-electron chi connectivity index (χ1n) is 5.17. The second-order valence-electron chi connectivity index (χ2n) is 3.56. The van der Waals surface area contributed by atoms with Gasteiger partial charge in [-0.2, -0.15) is 4.98 Å². The number of rotatable bonds is 3. The molecule has 0 aliphatic carbocycles. The van der Waals surface area contributed by atoms with Crippen LogP contribution < -0.4 is 4.74 Å². The lowest BCUT2D eigenvalue weighted by Crippen LogP contribution is -2.19. The number of ether oxygens (including phenoxy) is 3. The van der Waals surface area contributed by atoms with E-state index in [0.29, 0.717) is 16.8 Å². The van der Waals surface area contributed by atoms with Crippen LogP contribution >= 0.6 is 34.2 Å². The molecule has 18 heavy (non-hydrogen) atoms. The highest BCUT2D eigenvalue weighted by molar-refractivity contribution is 14.1. The summed E-state index contributed by atoms with van der Waals surface area (Å²) in [6, 6.07) is 0. The van der Waals surface area contributed by atoms with Crippen LogP contribution in [0.5, 0.6) is 5.88 Å². The molecule has 1 saturated heterocycles. The lowest BCUT2D eigenvalue weighted by Gasteiger charge is -2.13. The van der Waals surface area contributed by atoms with Gasteiger partial charge in [0.1, 0.15) is 9.67 Å². The monoisotopic (exact) mass is 384 g/mol. The van der Waals surface area contributed by atoms with Gasteiger partial charge < -0.3 is 14.2 Å². The van der Waals surface area contributed by atoms with Crippen LogP contribution in [0.15, 0.2) is 0 Å².